The summed E-state index contributed by atoms with van der Waals surface area (Å²) in [7, 11) is 2.13. The largest absolute Gasteiger partial charge is 0.395 e. The number of carbonyl (C=O) groups is 2. The molecule has 1 atom stereocenters. The number of rotatable bonds is 4. The maximum Gasteiger partial charge on any atom is 0.236 e. The lowest BCUT2D eigenvalue weighted by atomic mass is 9.78. The highest BCUT2D eigenvalue weighted by molar-refractivity contribution is 5.86. The van der Waals surface area contributed by atoms with Gasteiger partial charge < -0.3 is 19.8 Å². The lowest BCUT2D eigenvalue weighted by Crippen LogP contribution is -2.51. The van der Waals surface area contributed by atoms with Gasteiger partial charge in [0.1, 0.15) is 0 Å². The van der Waals surface area contributed by atoms with E-state index in [1.165, 1.54) is 0 Å². The summed E-state index contributed by atoms with van der Waals surface area (Å²) in [6.07, 6.45) is 3.70. The molecule has 142 valence electrons. The van der Waals surface area contributed by atoms with Gasteiger partial charge in [-0.05, 0) is 45.8 Å². The van der Waals surface area contributed by atoms with Gasteiger partial charge in [0.05, 0.1) is 18.6 Å². The SMILES string of the molecule is CN1CCCN(CC(=O)N2CC[C@]3(CCCN(CCO)C3=O)C2)CC1. The minimum absolute atomic E-state index is 0.00781. The van der Waals surface area contributed by atoms with Crippen LogP contribution in [0.5, 0.6) is 0 Å². The maximum atomic E-state index is 12.8. The molecule has 2 amide bonds. The smallest absolute Gasteiger partial charge is 0.236 e. The fraction of sp³-hybridized carbons (Fsp3) is 0.889. The first-order chi connectivity index (χ1) is 12.0. The third kappa shape index (κ3) is 4.15. The summed E-state index contributed by atoms with van der Waals surface area (Å²) in [6, 6.07) is 0. The molecule has 0 aromatic heterocycles. The molecule has 7 nitrogen and oxygen atoms in total. The molecule has 3 heterocycles. The van der Waals surface area contributed by atoms with Crippen LogP contribution in [0.25, 0.3) is 0 Å². The van der Waals surface area contributed by atoms with Gasteiger partial charge in [-0.2, -0.15) is 0 Å². The van der Waals surface area contributed by atoms with Crippen LogP contribution in [0.1, 0.15) is 25.7 Å². The van der Waals surface area contributed by atoms with E-state index in [0.717, 1.165) is 58.4 Å². The second-order valence-electron chi connectivity index (χ2n) is 7.90. The Hall–Kier alpha value is -1.18. The quantitative estimate of drug-likeness (QED) is 0.736. The zero-order chi connectivity index (χ0) is 17.9. The molecule has 25 heavy (non-hydrogen) atoms. The van der Waals surface area contributed by atoms with Crippen LogP contribution in [-0.4, -0.2) is 109 Å². The van der Waals surface area contributed by atoms with Crippen molar-refractivity contribution in [3.63, 3.8) is 0 Å². The number of β-amino-alcohol motifs (C(OH)–C–C–N with tert-alkyl or cyclic N) is 1. The molecule has 7 heteroatoms. The Bertz CT molecular complexity index is 499. The lowest BCUT2D eigenvalue weighted by Gasteiger charge is -2.39. The van der Waals surface area contributed by atoms with Gasteiger partial charge in [0.25, 0.3) is 0 Å². The molecule has 3 saturated heterocycles. The molecule has 0 bridgehead atoms. The van der Waals surface area contributed by atoms with Gasteiger partial charge in [-0.1, -0.05) is 0 Å². The number of hydrogen-bond donors (Lipinski definition) is 1. The first-order valence-electron chi connectivity index (χ1n) is 9.63. The van der Waals surface area contributed by atoms with Gasteiger partial charge in [0.2, 0.25) is 11.8 Å². The van der Waals surface area contributed by atoms with Crippen LogP contribution >= 0.6 is 0 Å². The average molecular weight is 352 g/mol. The van der Waals surface area contributed by atoms with Crippen molar-refractivity contribution >= 4 is 11.8 Å². The first kappa shape index (κ1) is 18.6. The molecule has 0 aromatic rings. The minimum atomic E-state index is -0.401. The predicted molar refractivity (Wildman–Crippen MR) is 95.1 cm³/mol. The summed E-state index contributed by atoms with van der Waals surface area (Å²) in [6.45, 7) is 6.87. The molecule has 0 saturated carbocycles. The van der Waals surface area contributed by atoms with Crippen LogP contribution in [-0.2, 0) is 9.59 Å². The topological polar surface area (TPSA) is 67.3 Å². The lowest BCUT2D eigenvalue weighted by molar-refractivity contribution is -0.146. The van der Waals surface area contributed by atoms with Crippen molar-refractivity contribution in [3.8, 4) is 0 Å². The molecule has 0 radical (unpaired) electrons. The summed E-state index contributed by atoms with van der Waals surface area (Å²) < 4.78 is 0. The van der Waals surface area contributed by atoms with Crippen molar-refractivity contribution in [1.82, 2.24) is 19.6 Å². The molecule has 1 spiro atoms. The summed E-state index contributed by atoms with van der Waals surface area (Å²) in [5.41, 5.74) is -0.401. The van der Waals surface area contributed by atoms with E-state index in [9.17, 15) is 9.59 Å². The molecule has 3 fully saturated rings. The average Bonchev–Trinajstić information content (AvgIpc) is 2.92. The van der Waals surface area contributed by atoms with Crippen LogP contribution in [0.3, 0.4) is 0 Å². The van der Waals surface area contributed by atoms with Gasteiger partial charge in [-0.25, -0.2) is 0 Å². The van der Waals surface area contributed by atoms with E-state index in [2.05, 4.69) is 16.8 Å². The monoisotopic (exact) mass is 352 g/mol. The van der Waals surface area contributed by atoms with E-state index < -0.39 is 5.41 Å². The fourth-order valence-corrected chi connectivity index (χ4v) is 4.50. The standard InChI is InChI=1S/C18H32N4O3/c1-19-6-3-7-20(11-10-19)14-16(24)22-9-5-18(15-22)4-2-8-21(12-13-23)17(18)25/h23H,2-15H2,1H3/t18-/m1/s1. The third-order valence-corrected chi connectivity index (χ3v) is 6.07. The zero-order valence-corrected chi connectivity index (χ0v) is 15.5. The summed E-state index contributed by atoms with van der Waals surface area (Å²) in [5.74, 6) is 0.299. The van der Waals surface area contributed by atoms with E-state index >= 15 is 0 Å². The summed E-state index contributed by atoms with van der Waals surface area (Å²) >= 11 is 0. The summed E-state index contributed by atoms with van der Waals surface area (Å²) in [4.78, 5) is 33.8. The Morgan fingerprint density at radius 1 is 1.08 bits per heavy atom. The van der Waals surface area contributed by atoms with Crippen molar-refractivity contribution < 1.29 is 14.7 Å². The number of carbonyl (C=O) groups excluding carboxylic acids is 2. The number of aliphatic hydroxyl groups is 1. The van der Waals surface area contributed by atoms with Crippen LogP contribution in [0.2, 0.25) is 0 Å². The van der Waals surface area contributed by atoms with E-state index in [-0.39, 0.29) is 18.4 Å². The second kappa shape index (κ2) is 8.01. The van der Waals surface area contributed by atoms with E-state index in [1.54, 1.807) is 4.90 Å². The fourth-order valence-electron chi connectivity index (χ4n) is 4.50. The Morgan fingerprint density at radius 2 is 1.92 bits per heavy atom. The molecule has 0 aliphatic carbocycles. The highest BCUT2D eigenvalue weighted by Crippen LogP contribution is 2.40. The van der Waals surface area contributed by atoms with Gasteiger partial charge >= 0.3 is 0 Å². The summed E-state index contributed by atoms with van der Waals surface area (Å²) in [5, 5.41) is 9.16. The predicted octanol–water partition coefficient (Wildman–Crippen LogP) is -0.543. The van der Waals surface area contributed by atoms with Crippen molar-refractivity contribution in [2.75, 3.05) is 72.6 Å². The van der Waals surface area contributed by atoms with Crippen molar-refractivity contribution in [3.05, 3.63) is 0 Å². The highest BCUT2D eigenvalue weighted by Gasteiger charge is 2.49. The van der Waals surface area contributed by atoms with Crippen molar-refractivity contribution in [2.45, 2.75) is 25.7 Å². The highest BCUT2D eigenvalue weighted by atomic mass is 16.3. The van der Waals surface area contributed by atoms with Crippen LogP contribution in [0.15, 0.2) is 0 Å². The number of likely N-dealkylation sites (tertiary alicyclic amines) is 2. The molecule has 0 unspecified atom stereocenters. The number of aliphatic hydroxyl groups excluding tert-OH is 1. The molecule has 0 aromatic carbocycles. The first-order valence-corrected chi connectivity index (χ1v) is 9.63. The molecule has 1 N–H and O–H groups in total. The molecule has 3 aliphatic heterocycles. The third-order valence-electron chi connectivity index (χ3n) is 6.07. The van der Waals surface area contributed by atoms with Crippen LogP contribution in [0.4, 0.5) is 0 Å². The van der Waals surface area contributed by atoms with E-state index in [4.69, 9.17) is 5.11 Å². The molecular formula is C18H32N4O3. The molecular weight excluding hydrogens is 320 g/mol. The Labute approximate surface area is 150 Å². The second-order valence-corrected chi connectivity index (χ2v) is 7.90. The van der Waals surface area contributed by atoms with Gasteiger partial charge in [-0.3, -0.25) is 14.5 Å². The van der Waals surface area contributed by atoms with Crippen LogP contribution in [0, 0.1) is 5.41 Å². The van der Waals surface area contributed by atoms with E-state index in [0.29, 0.717) is 26.2 Å². The zero-order valence-electron chi connectivity index (χ0n) is 15.5. The van der Waals surface area contributed by atoms with E-state index in [1.807, 2.05) is 4.90 Å². The maximum absolute atomic E-state index is 12.8. The van der Waals surface area contributed by atoms with Crippen LogP contribution < -0.4 is 0 Å². The molecule has 3 rings (SSSR count). The van der Waals surface area contributed by atoms with Crippen molar-refractivity contribution in [2.24, 2.45) is 5.41 Å². The Morgan fingerprint density at radius 3 is 2.72 bits per heavy atom. The normalized spacial score (nSPS) is 29.4. The molecule has 3 aliphatic rings. The number of hydrogen-bond acceptors (Lipinski definition) is 5. The van der Waals surface area contributed by atoms with Gasteiger partial charge in [0, 0.05) is 39.3 Å². The number of nitrogens with zero attached hydrogens (tertiary/aromatic N) is 4. The van der Waals surface area contributed by atoms with Crippen molar-refractivity contribution in [1.29, 1.82) is 0 Å². The Kier molecular flexibility index (Phi) is 5.96. The number of amides is 2. The number of piperidine rings is 1. The minimum Gasteiger partial charge on any atom is -0.395 e. The Balaban J connectivity index is 1.56. The number of likely N-dealkylation sites (N-methyl/N-ethyl adjacent to an activating group) is 1. The van der Waals surface area contributed by atoms with Gasteiger partial charge in [0.15, 0.2) is 0 Å². The van der Waals surface area contributed by atoms with Gasteiger partial charge in [-0.15, -0.1) is 0 Å².